The molecule has 0 unspecified atom stereocenters. The summed E-state index contributed by atoms with van der Waals surface area (Å²) in [7, 11) is 0. The Kier molecular flexibility index (Phi) is 2.43. The van der Waals surface area contributed by atoms with Crippen molar-refractivity contribution >= 4 is 5.97 Å². The van der Waals surface area contributed by atoms with E-state index >= 15 is 0 Å². The number of rotatable bonds is 3. The molecule has 0 saturated carbocycles. The van der Waals surface area contributed by atoms with Crippen LogP contribution in [0.5, 0.6) is 0 Å². The molecule has 0 aromatic carbocycles. The third-order valence-electron chi connectivity index (χ3n) is 2.33. The highest BCUT2D eigenvalue weighted by atomic mass is 16.5. The van der Waals surface area contributed by atoms with E-state index in [1.165, 1.54) is 10.9 Å². The lowest BCUT2D eigenvalue weighted by Gasteiger charge is -2.01. The minimum atomic E-state index is -1.06. The van der Waals surface area contributed by atoms with Crippen LogP contribution in [0, 0.1) is 13.8 Å². The average molecular weight is 222 g/mol. The largest absolute Gasteiger partial charge is 0.476 e. The molecule has 1 N–H and O–H groups in total. The molecule has 0 atom stereocenters. The Hall–Kier alpha value is -2.18. The van der Waals surface area contributed by atoms with E-state index in [1.54, 1.807) is 13.8 Å². The van der Waals surface area contributed by atoms with Crippen molar-refractivity contribution in [3.8, 4) is 0 Å². The molecule has 2 rings (SSSR count). The second kappa shape index (κ2) is 3.76. The molecule has 0 radical (unpaired) electrons. The van der Waals surface area contributed by atoms with Gasteiger partial charge in [0.25, 0.3) is 0 Å². The molecule has 0 spiro atoms. The van der Waals surface area contributed by atoms with Crippen molar-refractivity contribution in [2.45, 2.75) is 20.4 Å². The van der Waals surface area contributed by atoms with Crippen LogP contribution in [0.4, 0.5) is 0 Å². The number of nitrogens with zero attached hydrogens (tertiary/aromatic N) is 4. The van der Waals surface area contributed by atoms with E-state index in [2.05, 4.69) is 15.5 Å². The maximum Gasteiger partial charge on any atom is 0.355 e. The molecule has 0 bridgehead atoms. The topological polar surface area (TPSA) is 94.0 Å². The first kappa shape index (κ1) is 10.3. The van der Waals surface area contributed by atoms with Gasteiger partial charge in [-0.15, -0.1) is 5.10 Å². The maximum atomic E-state index is 10.8. The van der Waals surface area contributed by atoms with E-state index in [1.807, 2.05) is 0 Å². The van der Waals surface area contributed by atoms with Crippen LogP contribution in [-0.4, -0.2) is 31.2 Å². The van der Waals surface area contributed by atoms with Crippen molar-refractivity contribution in [2.75, 3.05) is 0 Å². The molecular weight excluding hydrogens is 212 g/mol. The third-order valence-corrected chi connectivity index (χ3v) is 2.33. The molecule has 0 amide bonds. The standard InChI is InChI=1S/C9H10N4O3/c1-5-7(6(2)16-11-5)4-13-8(9(14)15)3-10-12-13/h3H,4H2,1-2H3,(H,14,15). The lowest BCUT2D eigenvalue weighted by Crippen LogP contribution is -2.11. The summed E-state index contributed by atoms with van der Waals surface area (Å²) in [6.45, 7) is 3.86. The number of aryl methyl sites for hydroxylation is 2. The van der Waals surface area contributed by atoms with E-state index in [0.29, 0.717) is 12.3 Å². The molecule has 0 saturated heterocycles. The second-order valence-electron chi connectivity index (χ2n) is 3.38. The van der Waals surface area contributed by atoms with Crippen LogP contribution >= 0.6 is 0 Å². The number of carboxylic acids is 1. The van der Waals surface area contributed by atoms with Crippen LogP contribution in [0.3, 0.4) is 0 Å². The lowest BCUT2D eigenvalue weighted by molar-refractivity contribution is 0.0684. The van der Waals surface area contributed by atoms with E-state index < -0.39 is 5.97 Å². The first-order valence-corrected chi connectivity index (χ1v) is 4.63. The predicted molar refractivity (Wildman–Crippen MR) is 52.1 cm³/mol. The zero-order valence-corrected chi connectivity index (χ0v) is 8.84. The van der Waals surface area contributed by atoms with Crippen molar-refractivity contribution in [2.24, 2.45) is 0 Å². The highest BCUT2D eigenvalue weighted by Crippen LogP contribution is 2.14. The van der Waals surface area contributed by atoms with Crippen LogP contribution in [0.15, 0.2) is 10.7 Å². The zero-order chi connectivity index (χ0) is 11.7. The predicted octanol–water partition coefficient (Wildman–Crippen LogP) is 0.629. The third kappa shape index (κ3) is 1.67. The van der Waals surface area contributed by atoms with Gasteiger partial charge in [0.15, 0.2) is 5.69 Å². The zero-order valence-electron chi connectivity index (χ0n) is 8.84. The SMILES string of the molecule is Cc1noc(C)c1Cn1nncc1C(=O)O. The number of carbonyl (C=O) groups is 1. The normalized spacial score (nSPS) is 10.6. The van der Waals surface area contributed by atoms with Gasteiger partial charge in [-0.2, -0.15) is 0 Å². The molecule has 2 aromatic rings. The smallest absolute Gasteiger partial charge is 0.355 e. The molecule has 0 aliphatic rings. The molecule has 0 fully saturated rings. The van der Waals surface area contributed by atoms with E-state index in [0.717, 1.165) is 11.3 Å². The van der Waals surface area contributed by atoms with Crippen molar-refractivity contribution < 1.29 is 14.4 Å². The van der Waals surface area contributed by atoms with Crippen LogP contribution < -0.4 is 0 Å². The Balaban J connectivity index is 2.34. The van der Waals surface area contributed by atoms with Crippen LogP contribution in [0.2, 0.25) is 0 Å². The van der Waals surface area contributed by atoms with Gasteiger partial charge in [-0.25, -0.2) is 9.48 Å². The molecule has 2 aromatic heterocycles. The van der Waals surface area contributed by atoms with Crippen molar-refractivity contribution in [1.82, 2.24) is 20.2 Å². The van der Waals surface area contributed by atoms with Gasteiger partial charge >= 0.3 is 5.97 Å². The Morgan fingerprint density at radius 1 is 1.56 bits per heavy atom. The number of hydrogen-bond donors (Lipinski definition) is 1. The summed E-state index contributed by atoms with van der Waals surface area (Å²) in [6, 6.07) is 0. The number of carboxylic acid groups (broad SMARTS) is 1. The Labute approximate surface area is 90.7 Å². The maximum absolute atomic E-state index is 10.8. The molecule has 2 heterocycles. The van der Waals surface area contributed by atoms with Crippen molar-refractivity contribution in [3.63, 3.8) is 0 Å². The van der Waals surface area contributed by atoms with Gasteiger partial charge in [-0.05, 0) is 13.8 Å². The molecule has 7 nitrogen and oxygen atoms in total. The molecule has 7 heteroatoms. The van der Waals surface area contributed by atoms with Gasteiger partial charge in [0.1, 0.15) is 5.76 Å². The number of aromatic carboxylic acids is 1. The van der Waals surface area contributed by atoms with Crippen LogP contribution in [-0.2, 0) is 6.54 Å². The van der Waals surface area contributed by atoms with Crippen molar-refractivity contribution in [3.05, 3.63) is 28.9 Å². The van der Waals surface area contributed by atoms with Gasteiger partial charge in [0, 0.05) is 5.56 Å². The van der Waals surface area contributed by atoms with Crippen LogP contribution in [0.25, 0.3) is 0 Å². The quantitative estimate of drug-likeness (QED) is 0.818. The molecule has 16 heavy (non-hydrogen) atoms. The summed E-state index contributed by atoms with van der Waals surface area (Å²) < 4.78 is 6.29. The first-order chi connectivity index (χ1) is 7.59. The monoisotopic (exact) mass is 222 g/mol. The summed E-state index contributed by atoms with van der Waals surface area (Å²) in [5, 5.41) is 19.9. The first-order valence-electron chi connectivity index (χ1n) is 4.63. The minimum absolute atomic E-state index is 0.0417. The summed E-state index contributed by atoms with van der Waals surface area (Å²) >= 11 is 0. The van der Waals surface area contributed by atoms with Gasteiger partial charge in [-0.1, -0.05) is 10.4 Å². The molecular formula is C9H10N4O3. The Morgan fingerprint density at radius 3 is 2.88 bits per heavy atom. The molecule has 84 valence electrons. The van der Waals surface area contributed by atoms with Gasteiger partial charge in [0.05, 0.1) is 18.4 Å². The Morgan fingerprint density at radius 2 is 2.31 bits per heavy atom. The van der Waals surface area contributed by atoms with Gasteiger partial charge in [-0.3, -0.25) is 0 Å². The van der Waals surface area contributed by atoms with Crippen molar-refractivity contribution in [1.29, 1.82) is 0 Å². The van der Waals surface area contributed by atoms with Gasteiger partial charge < -0.3 is 9.63 Å². The fourth-order valence-corrected chi connectivity index (χ4v) is 1.42. The van der Waals surface area contributed by atoms with Crippen LogP contribution in [0.1, 0.15) is 27.5 Å². The summed E-state index contributed by atoms with van der Waals surface area (Å²) in [6.07, 6.45) is 1.21. The molecule has 0 aliphatic carbocycles. The highest BCUT2D eigenvalue weighted by Gasteiger charge is 2.15. The molecule has 0 aliphatic heterocycles. The summed E-state index contributed by atoms with van der Waals surface area (Å²) in [5.41, 5.74) is 1.59. The van der Waals surface area contributed by atoms with Gasteiger partial charge in [0.2, 0.25) is 0 Å². The van der Waals surface area contributed by atoms with E-state index in [9.17, 15) is 4.79 Å². The average Bonchev–Trinajstić information content (AvgIpc) is 2.80. The number of aromatic nitrogens is 4. The highest BCUT2D eigenvalue weighted by molar-refractivity contribution is 5.85. The fraction of sp³-hybridized carbons (Fsp3) is 0.333. The van der Waals surface area contributed by atoms with E-state index in [4.69, 9.17) is 9.63 Å². The minimum Gasteiger partial charge on any atom is -0.476 e. The lowest BCUT2D eigenvalue weighted by atomic mass is 10.2. The second-order valence-corrected chi connectivity index (χ2v) is 3.38. The number of hydrogen-bond acceptors (Lipinski definition) is 5. The Bertz CT molecular complexity index is 509. The fourth-order valence-electron chi connectivity index (χ4n) is 1.42. The summed E-state index contributed by atoms with van der Waals surface area (Å²) in [5.74, 6) is -0.402. The summed E-state index contributed by atoms with van der Waals surface area (Å²) in [4.78, 5) is 10.8. The van der Waals surface area contributed by atoms with E-state index in [-0.39, 0.29) is 5.69 Å².